The number of carbonyl (C=O) groups excluding carboxylic acids is 1. The van der Waals surface area contributed by atoms with Crippen molar-refractivity contribution < 1.29 is 28.2 Å². The molecule has 3 aliphatic heterocycles. The second kappa shape index (κ2) is 17.2. The number of hydrogen-bond donors (Lipinski definition) is 0. The summed E-state index contributed by atoms with van der Waals surface area (Å²) in [7, 11) is -0.376. The third-order valence-corrected chi connectivity index (χ3v) is 14.0. The Balaban J connectivity index is 1.85. The average molecular weight is 629 g/mol. The lowest BCUT2D eigenvalue weighted by molar-refractivity contribution is -0.154. The number of cyclic esters (lactones) is 1. The van der Waals surface area contributed by atoms with Gasteiger partial charge in [-0.3, -0.25) is 4.79 Å². The predicted molar refractivity (Wildman–Crippen MR) is 182 cm³/mol. The molecule has 0 amide bonds. The Morgan fingerprint density at radius 3 is 2.57 bits per heavy atom. The fourth-order valence-corrected chi connectivity index (χ4v) is 7.19. The van der Waals surface area contributed by atoms with E-state index in [1.54, 1.807) is 7.11 Å². The quantitative estimate of drug-likeness (QED) is 0.166. The van der Waals surface area contributed by atoms with E-state index in [-0.39, 0.29) is 35.4 Å². The van der Waals surface area contributed by atoms with E-state index in [1.165, 1.54) is 11.1 Å². The monoisotopic (exact) mass is 628 g/mol. The summed E-state index contributed by atoms with van der Waals surface area (Å²) in [5, 5.41) is 0.0859. The van der Waals surface area contributed by atoms with Gasteiger partial charge in [0.2, 0.25) is 0 Å². The van der Waals surface area contributed by atoms with Crippen molar-refractivity contribution >= 4 is 14.3 Å². The summed E-state index contributed by atoms with van der Waals surface area (Å²) in [6, 6.07) is 0. The van der Waals surface area contributed by atoms with Gasteiger partial charge in [0, 0.05) is 20.0 Å². The standard InChI is InChI=1S/C37H60O6Si/c1-27-21-22-40-31(24-27)19-20-34(39-7)35-17-11-16-33(43-44(8,9)37(4,5)6)26-29(3)23-28(2)25-32-15-10-13-30(41-32)14-12-18-36(38)42-35/h10-11,13,16,19-21,28,30-35H,3,12,14-15,17-18,22-26H2,1-2,4-9H3/b16-11+,20-19+/t28-,30-,31+,32-,33+,34-,35-/m0/s1. The summed E-state index contributed by atoms with van der Waals surface area (Å²) in [6.45, 7) is 20.9. The average Bonchev–Trinajstić information content (AvgIpc) is 2.92. The number of hydrogen-bond acceptors (Lipinski definition) is 6. The first-order valence-corrected chi connectivity index (χ1v) is 19.7. The van der Waals surface area contributed by atoms with Crippen LogP contribution in [0.1, 0.15) is 92.4 Å². The van der Waals surface area contributed by atoms with Crippen molar-refractivity contribution in [2.75, 3.05) is 13.7 Å². The number of methoxy groups -OCH3 is 1. The van der Waals surface area contributed by atoms with Gasteiger partial charge in [0.25, 0.3) is 0 Å². The van der Waals surface area contributed by atoms with Crippen molar-refractivity contribution in [1.29, 1.82) is 0 Å². The molecule has 0 aromatic rings. The maximum absolute atomic E-state index is 13.1. The minimum absolute atomic E-state index is 0.00810. The summed E-state index contributed by atoms with van der Waals surface area (Å²) in [5.41, 5.74) is 2.52. The first-order chi connectivity index (χ1) is 20.8. The van der Waals surface area contributed by atoms with Crippen molar-refractivity contribution in [2.45, 2.75) is 147 Å². The molecule has 0 N–H and O–H groups in total. The first-order valence-electron chi connectivity index (χ1n) is 16.8. The molecule has 0 aliphatic carbocycles. The minimum Gasteiger partial charge on any atom is -0.459 e. The van der Waals surface area contributed by atoms with E-state index < -0.39 is 20.5 Å². The number of esters is 1. The van der Waals surface area contributed by atoms with Crippen LogP contribution >= 0.6 is 0 Å². The van der Waals surface area contributed by atoms with Gasteiger partial charge in [0.05, 0.1) is 31.0 Å². The molecule has 0 aromatic heterocycles. The molecule has 0 spiro atoms. The fraction of sp³-hybridized carbons (Fsp3) is 0.703. The lowest BCUT2D eigenvalue weighted by Gasteiger charge is -2.39. The Morgan fingerprint density at radius 1 is 1.11 bits per heavy atom. The second-order valence-electron chi connectivity index (χ2n) is 14.7. The Morgan fingerprint density at radius 2 is 1.86 bits per heavy atom. The number of carbonyl (C=O) groups is 1. The highest BCUT2D eigenvalue weighted by Crippen LogP contribution is 2.38. The Bertz CT molecular complexity index is 1050. The molecule has 3 heterocycles. The summed E-state index contributed by atoms with van der Waals surface area (Å²) in [5.74, 6) is 0.261. The Labute approximate surface area is 269 Å². The molecule has 0 saturated heterocycles. The van der Waals surface area contributed by atoms with Gasteiger partial charge in [0.15, 0.2) is 8.32 Å². The van der Waals surface area contributed by atoms with Gasteiger partial charge in [-0.15, -0.1) is 0 Å². The van der Waals surface area contributed by atoms with Crippen molar-refractivity contribution in [3.8, 4) is 0 Å². The van der Waals surface area contributed by atoms with Crippen LogP contribution < -0.4 is 0 Å². The molecule has 44 heavy (non-hydrogen) atoms. The van der Waals surface area contributed by atoms with Crippen molar-refractivity contribution in [3.63, 3.8) is 0 Å². The van der Waals surface area contributed by atoms with E-state index in [0.717, 1.165) is 38.5 Å². The molecule has 248 valence electrons. The number of rotatable bonds is 6. The number of fused-ring (bicyclic) bond motifs is 2. The van der Waals surface area contributed by atoms with E-state index in [9.17, 15) is 4.79 Å². The third kappa shape index (κ3) is 12.2. The topological polar surface area (TPSA) is 63.2 Å². The normalized spacial score (nSPS) is 32.0. The molecule has 3 aliphatic rings. The van der Waals surface area contributed by atoms with Crippen LogP contribution in [0.25, 0.3) is 0 Å². The van der Waals surface area contributed by atoms with Crippen LogP contribution in [0.2, 0.25) is 18.1 Å². The van der Waals surface area contributed by atoms with E-state index in [0.29, 0.717) is 31.8 Å². The highest BCUT2D eigenvalue weighted by atomic mass is 28.4. The fourth-order valence-electron chi connectivity index (χ4n) is 5.92. The second-order valence-corrected chi connectivity index (χ2v) is 19.4. The summed E-state index contributed by atoms with van der Waals surface area (Å²) in [4.78, 5) is 13.1. The minimum atomic E-state index is -2.05. The molecule has 7 heteroatoms. The lowest BCUT2D eigenvalue weighted by Crippen LogP contribution is -2.43. The number of ether oxygens (including phenoxy) is 4. The third-order valence-electron chi connectivity index (χ3n) is 9.45. The van der Waals surface area contributed by atoms with Gasteiger partial charge < -0.3 is 23.4 Å². The molecular weight excluding hydrogens is 568 g/mol. The van der Waals surface area contributed by atoms with E-state index in [2.05, 4.69) is 84.7 Å². The first kappa shape index (κ1) is 36.7. The molecule has 0 unspecified atom stereocenters. The van der Waals surface area contributed by atoms with E-state index in [1.807, 2.05) is 12.2 Å². The SMILES string of the molecule is C=C1C[C@H](C)C[C@@H]2CC=C[C@@H](CCCC(=O)O[C@H]([C@H](/C=C/[C@@H]3CC(C)=CCO3)OC)C/C=C/[C@@H](O[Si](C)(C)C(C)(C)C)C1)O2. The van der Waals surface area contributed by atoms with E-state index >= 15 is 0 Å². The van der Waals surface area contributed by atoms with Gasteiger partial charge in [0.1, 0.15) is 12.2 Å². The smallest absolute Gasteiger partial charge is 0.306 e. The molecular formula is C37H60O6Si. The summed E-state index contributed by atoms with van der Waals surface area (Å²) < 4.78 is 31.2. The van der Waals surface area contributed by atoms with Crippen LogP contribution in [0.4, 0.5) is 0 Å². The predicted octanol–water partition coefficient (Wildman–Crippen LogP) is 8.80. The van der Waals surface area contributed by atoms with Gasteiger partial charge >= 0.3 is 5.97 Å². The van der Waals surface area contributed by atoms with Crippen molar-refractivity contribution in [3.05, 3.63) is 60.3 Å². The molecule has 0 radical (unpaired) electrons. The Kier molecular flexibility index (Phi) is 14.4. The lowest BCUT2D eigenvalue weighted by atomic mass is 9.91. The summed E-state index contributed by atoms with van der Waals surface area (Å²) >= 11 is 0. The Hall–Kier alpha value is -1.77. The van der Waals surface area contributed by atoms with Gasteiger partial charge in [-0.1, -0.05) is 88.0 Å². The zero-order valence-corrected chi connectivity index (χ0v) is 29.8. The molecule has 6 nitrogen and oxygen atoms in total. The molecule has 2 bridgehead atoms. The molecule has 0 aromatic carbocycles. The molecule has 7 atom stereocenters. The van der Waals surface area contributed by atoms with Crippen LogP contribution in [0.5, 0.6) is 0 Å². The highest BCUT2D eigenvalue weighted by Gasteiger charge is 2.39. The van der Waals surface area contributed by atoms with Gasteiger partial charge in [-0.05, 0) is 75.9 Å². The zero-order valence-electron chi connectivity index (χ0n) is 28.8. The molecule has 3 rings (SSSR count). The zero-order chi connectivity index (χ0) is 32.3. The maximum atomic E-state index is 13.1. The van der Waals surface area contributed by atoms with Crippen LogP contribution in [-0.4, -0.2) is 64.6 Å². The van der Waals surface area contributed by atoms with Crippen LogP contribution in [0.3, 0.4) is 0 Å². The van der Waals surface area contributed by atoms with Crippen molar-refractivity contribution in [2.24, 2.45) is 5.92 Å². The van der Waals surface area contributed by atoms with Gasteiger partial charge in [-0.25, -0.2) is 0 Å². The van der Waals surface area contributed by atoms with Crippen molar-refractivity contribution in [1.82, 2.24) is 0 Å². The summed E-state index contributed by atoms with van der Waals surface area (Å²) in [6.07, 6.45) is 21.0. The largest absolute Gasteiger partial charge is 0.459 e. The van der Waals surface area contributed by atoms with Crippen LogP contribution in [0.15, 0.2) is 60.3 Å². The maximum Gasteiger partial charge on any atom is 0.306 e. The van der Waals surface area contributed by atoms with Gasteiger partial charge in [-0.2, -0.15) is 0 Å². The highest BCUT2D eigenvalue weighted by molar-refractivity contribution is 6.74. The molecule has 0 saturated carbocycles. The van der Waals surface area contributed by atoms with Crippen LogP contribution in [-0.2, 0) is 28.2 Å². The molecule has 0 fully saturated rings. The van der Waals surface area contributed by atoms with E-state index in [4.69, 9.17) is 23.4 Å². The van der Waals surface area contributed by atoms with Crippen LogP contribution in [0, 0.1) is 5.92 Å².